The van der Waals surface area contributed by atoms with Crippen LogP contribution in [0.2, 0.25) is 0 Å². The predicted octanol–water partition coefficient (Wildman–Crippen LogP) is 2.33. The molecule has 1 atom stereocenters. The van der Waals surface area contributed by atoms with Crippen LogP contribution in [0.3, 0.4) is 0 Å². The van der Waals surface area contributed by atoms with Gasteiger partial charge in [0, 0.05) is 5.56 Å². The molecule has 1 aliphatic rings. The number of aromatic nitrogens is 4. The molecular weight excluding hydrogens is 268 g/mol. The average molecular weight is 286 g/mol. The van der Waals surface area contributed by atoms with E-state index in [9.17, 15) is 4.79 Å². The van der Waals surface area contributed by atoms with Gasteiger partial charge in [0.2, 0.25) is 0 Å². The van der Waals surface area contributed by atoms with Gasteiger partial charge in [0.05, 0.1) is 12.5 Å². The number of carboxylic acid groups (broad SMARTS) is 1. The molecule has 110 valence electrons. The van der Waals surface area contributed by atoms with Gasteiger partial charge in [0.15, 0.2) is 5.82 Å². The van der Waals surface area contributed by atoms with E-state index in [0.717, 1.165) is 24.8 Å². The third-order valence-corrected chi connectivity index (χ3v) is 4.00. The maximum Gasteiger partial charge on any atom is 0.305 e. The zero-order valence-electron chi connectivity index (χ0n) is 11.9. The average Bonchev–Trinajstić information content (AvgIpc) is 3.21. The van der Waals surface area contributed by atoms with E-state index in [-0.39, 0.29) is 12.5 Å². The highest BCUT2D eigenvalue weighted by Gasteiger charge is 2.36. The SMILES string of the molecule is CCc1ccccc1-c1nnnn1C(CC(=O)O)C1CC1. The summed E-state index contributed by atoms with van der Waals surface area (Å²) in [5, 5.41) is 21.1. The van der Waals surface area contributed by atoms with Gasteiger partial charge >= 0.3 is 5.97 Å². The fraction of sp³-hybridized carbons (Fsp3) is 0.467. The van der Waals surface area contributed by atoms with Crippen molar-refractivity contribution in [3.63, 3.8) is 0 Å². The van der Waals surface area contributed by atoms with Crippen LogP contribution < -0.4 is 0 Å². The number of tetrazole rings is 1. The van der Waals surface area contributed by atoms with Gasteiger partial charge in [-0.25, -0.2) is 4.68 Å². The molecule has 1 aromatic heterocycles. The number of aryl methyl sites for hydroxylation is 1. The van der Waals surface area contributed by atoms with Gasteiger partial charge in [-0.05, 0) is 41.2 Å². The molecule has 0 spiro atoms. The van der Waals surface area contributed by atoms with Crippen LogP contribution in [0.25, 0.3) is 11.4 Å². The van der Waals surface area contributed by atoms with E-state index >= 15 is 0 Å². The van der Waals surface area contributed by atoms with Crippen LogP contribution in [0.15, 0.2) is 24.3 Å². The first-order valence-corrected chi connectivity index (χ1v) is 7.28. The van der Waals surface area contributed by atoms with Gasteiger partial charge in [0.25, 0.3) is 0 Å². The van der Waals surface area contributed by atoms with E-state index < -0.39 is 5.97 Å². The summed E-state index contributed by atoms with van der Waals surface area (Å²) < 4.78 is 1.71. The molecule has 2 aromatic rings. The number of nitrogens with zero attached hydrogens (tertiary/aromatic N) is 4. The maximum atomic E-state index is 11.1. The number of benzene rings is 1. The fourth-order valence-electron chi connectivity index (χ4n) is 2.75. The Balaban J connectivity index is 2.01. The maximum absolute atomic E-state index is 11.1. The number of carbonyl (C=O) groups is 1. The number of hydrogen-bond donors (Lipinski definition) is 1. The van der Waals surface area contributed by atoms with Crippen LogP contribution in [0, 0.1) is 5.92 Å². The summed E-state index contributed by atoms with van der Waals surface area (Å²) in [5.74, 6) is 0.236. The Kier molecular flexibility index (Phi) is 3.68. The first kappa shape index (κ1) is 13.7. The smallest absolute Gasteiger partial charge is 0.305 e. The van der Waals surface area contributed by atoms with Crippen LogP contribution in [0.4, 0.5) is 0 Å². The van der Waals surface area contributed by atoms with Crippen LogP contribution in [0.1, 0.15) is 37.8 Å². The van der Waals surface area contributed by atoms with Crippen molar-refractivity contribution < 1.29 is 9.90 Å². The minimum absolute atomic E-state index is 0.0665. The van der Waals surface area contributed by atoms with E-state index in [1.54, 1.807) is 4.68 Å². The van der Waals surface area contributed by atoms with Crippen LogP contribution >= 0.6 is 0 Å². The number of aliphatic carboxylic acids is 1. The number of rotatable bonds is 6. The molecule has 6 heteroatoms. The van der Waals surface area contributed by atoms with Crippen LogP contribution in [0.5, 0.6) is 0 Å². The second kappa shape index (κ2) is 5.63. The van der Waals surface area contributed by atoms with Gasteiger partial charge in [-0.1, -0.05) is 31.2 Å². The van der Waals surface area contributed by atoms with Gasteiger partial charge in [-0.15, -0.1) is 5.10 Å². The Bertz CT molecular complexity index is 649. The molecule has 21 heavy (non-hydrogen) atoms. The third kappa shape index (κ3) is 2.79. The molecule has 3 rings (SSSR count). The number of hydrogen-bond acceptors (Lipinski definition) is 4. The third-order valence-electron chi connectivity index (χ3n) is 4.00. The van der Waals surface area contributed by atoms with Crippen molar-refractivity contribution >= 4 is 5.97 Å². The van der Waals surface area contributed by atoms with E-state index in [4.69, 9.17) is 5.11 Å². The summed E-state index contributed by atoms with van der Waals surface area (Å²) >= 11 is 0. The molecule has 6 nitrogen and oxygen atoms in total. The van der Waals surface area contributed by atoms with Crippen LogP contribution in [-0.2, 0) is 11.2 Å². The Morgan fingerprint density at radius 3 is 2.86 bits per heavy atom. The molecule has 1 heterocycles. The van der Waals surface area contributed by atoms with Crippen molar-refractivity contribution in [3.05, 3.63) is 29.8 Å². The Labute approximate surface area is 122 Å². The van der Waals surface area contributed by atoms with Gasteiger partial charge in [-0.2, -0.15) is 0 Å². The lowest BCUT2D eigenvalue weighted by molar-refractivity contribution is -0.138. The number of carboxylic acids is 1. The van der Waals surface area contributed by atoms with Crippen molar-refractivity contribution in [2.45, 2.75) is 38.6 Å². The highest BCUT2D eigenvalue weighted by atomic mass is 16.4. The Morgan fingerprint density at radius 1 is 1.43 bits per heavy atom. The summed E-state index contributed by atoms with van der Waals surface area (Å²) in [6, 6.07) is 7.84. The molecule has 1 unspecified atom stereocenters. The van der Waals surface area contributed by atoms with Gasteiger partial charge in [-0.3, -0.25) is 4.79 Å². The molecule has 1 N–H and O–H groups in total. The Hall–Kier alpha value is -2.24. The van der Waals surface area contributed by atoms with Crippen molar-refractivity contribution in [2.75, 3.05) is 0 Å². The molecule has 0 amide bonds. The zero-order valence-corrected chi connectivity index (χ0v) is 11.9. The van der Waals surface area contributed by atoms with Crippen molar-refractivity contribution in [1.29, 1.82) is 0 Å². The van der Waals surface area contributed by atoms with Crippen LogP contribution in [-0.4, -0.2) is 31.3 Å². The molecule has 0 radical (unpaired) electrons. The fourth-order valence-corrected chi connectivity index (χ4v) is 2.75. The highest BCUT2D eigenvalue weighted by Crippen LogP contribution is 2.42. The molecule has 0 saturated heterocycles. The molecule has 1 saturated carbocycles. The van der Waals surface area contributed by atoms with Gasteiger partial charge in [0.1, 0.15) is 0 Å². The second-order valence-corrected chi connectivity index (χ2v) is 5.46. The highest BCUT2D eigenvalue weighted by molar-refractivity contribution is 5.68. The minimum atomic E-state index is -0.808. The topological polar surface area (TPSA) is 80.9 Å². The summed E-state index contributed by atoms with van der Waals surface area (Å²) in [7, 11) is 0. The molecule has 1 aromatic carbocycles. The lowest BCUT2D eigenvalue weighted by Gasteiger charge is -2.16. The van der Waals surface area contributed by atoms with E-state index in [2.05, 4.69) is 28.5 Å². The van der Waals surface area contributed by atoms with E-state index in [1.807, 2.05) is 18.2 Å². The first-order chi connectivity index (χ1) is 10.2. The van der Waals surface area contributed by atoms with Gasteiger partial charge < -0.3 is 5.11 Å². The monoisotopic (exact) mass is 286 g/mol. The van der Waals surface area contributed by atoms with E-state index in [0.29, 0.717) is 11.7 Å². The normalized spacial score (nSPS) is 15.9. The summed E-state index contributed by atoms with van der Waals surface area (Å²) in [5.41, 5.74) is 2.15. The molecule has 0 bridgehead atoms. The molecule has 1 fully saturated rings. The van der Waals surface area contributed by atoms with E-state index in [1.165, 1.54) is 5.56 Å². The van der Waals surface area contributed by atoms with Crippen molar-refractivity contribution in [3.8, 4) is 11.4 Å². The Morgan fingerprint density at radius 2 is 2.19 bits per heavy atom. The summed E-state index contributed by atoms with van der Waals surface area (Å²) in [4.78, 5) is 11.1. The molecule has 0 aliphatic heterocycles. The summed E-state index contributed by atoms with van der Waals surface area (Å²) in [6.07, 6.45) is 3.05. The van der Waals surface area contributed by atoms with Crippen molar-refractivity contribution in [2.24, 2.45) is 5.92 Å². The minimum Gasteiger partial charge on any atom is -0.481 e. The standard InChI is InChI=1S/C15H18N4O2/c1-2-10-5-3-4-6-12(10)15-16-17-18-19(15)13(9-14(20)21)11-7-8-11/h3-6,11,13H,2,7-9H2,1H3,(H,20,21). The summed E-state index contributed by atoms with van der Waals surface area (Å²) in [6.45, 7) is 2.09. The molecule has 1 aliphatic carbocycles. The van der Waals surface area contributed by atoms with Crippen molar-refractivity contribution in [1.82, 2.24) is 20.2 Å². The second-order valence-electron chi connectivity index (χ2n) is 5.46. The lowest BCUT2D eigenvalue weighted by Crippen LogP contribution is -2.18. The largest absolute Gasteiger partial charge is 0.481 e. The molecular formula is C15H18N4O2. The zero-order chi connectivity index (χ0) is 14.8. The first-order valence-electron chi connectivity index (χ1n) is 7.28. The lowest BCUT2D eigenvalue weighted by atomic mass is 10.0. The quantitative estimate of drug-likeness (QED) is 0.881. The predicted molar refractivity (Wildman–Crippen MR) is 76.6 cm³/mol.